The average molecular weight is 547 g/mol. The third-order valence-corrected chi connectivity index (χ3v) is 7.52. The first-order chi connectivity index (χ1) is 17.6. The molecule has 0 aliphatic carbocycles. The van der Waals surface area contributed by atoms with Gasteiger partial charge in [0.2, 0.25) is 0 Å². The highest BCUT2D eigenvalue weighted by atomic mass is 32.2. The first-order valence-corrected chi connectivity index (χ1v) is 13.8. The van der Waals surface area contributed by atoms with Crippen LogP contribution >= 0.6 is 23.1 Å². The van der Waals surface area contributed by atoms with E-state index in [9.17, 15) is 19.5 Å². The van der Waals surface area contributed by atoms with Gasteiger partial charge in [-0.05, 0) is 24.3 Å². The zero-order valence-corrected chi connectivity index (χ0v) is 23.0. The summed E-state index contributed by atoms with van der Waals surface area (Å²) in [5.41, 5.74) is 1.63. The van der Waals surface area contributed by atoms with Crippen LogP contribution in [0.2, 0.25) is 0 Å². The van der Waals surface area contributed by atoms with Crippen LogP contribution in [0.15, 0.2) is 28.9 Å². The van der Waals surface area contributed by atoms with Gasteiger partial charge in [0.05, 0.1) is 29.7 Å². The van der Waals surface area contributed by atoms with Crippen LogP contribution in [0.25, 0.3) is 11.2 Å². The monoisotopic (exact) mass is 546 g/mol. The summed E-state index contributed by atoms with van der Waals surface area (Å²) in [6.45, 7) is 4.68. The van der Waals surface area contributed by atoms with Gasteiger partial charge in [0.15, 0.2) is 10.8 Å². The van der Waals surface area contributed by atoms with Crippen LogP contribution in [0.1, 0.15) is 39.4 Å². The molecule has 1 fully saturated rings. The van der Waals surface area contributed by atoms with Gasteiger partial charge in [-0.15, -0.1) is 11.3 Å². The maximum absolute atomic E-state index is 13.6. The molecule has 1 aliphatic heterocycles. The Bertz CT molecular complexity index is 1320. The Morgan fingerprint density at radius 2 is 2.08 bits per heavy atom. The summed E-state index contributed by atoms with van der Waals surface area (Å²) >= 11 is 2.70. The van der Waals surface area contributed by atoms with Gasteiger partial charge in [0, 0.05) is 37.1 Å². The summed E-state index contributed by atoms with van der Waals surface area (Å²) in [4.78, 5) is 57.4. The van der Waals surface area contributed by atoms with Gasteiger partial charge in [0.1, 0.15) is 12.7 Å². The molecule has 1 aliphatic rings. The number of carbonyl (C=O) groups excluding carboxylic acids is 3. The zero-order chi connectivity index (χ0) is 26.9. The Balaban J connectivity index is 1.74. The van der Waals surface area contributed by atoms with Gasteiger partial charge in [-0.1, -0.05) is 25.6 Å². The van der Waals surface area contributed by atoms with E-state index >= 15 is 0 Å². The first kappa shape index (κ1) is 27.0. The number of thioether (sulfide) groups is 1. The van der Waals surface area contributed by atoms with Gasteiger partial charge in [-0.3, -0.25) is 19.3 Å². The van der Waals surface area contributed by atoms with E-state index in [4.69, 9.17) is 4.84 Å². The van der Waals surface area contributed by atoms with Gasteiger partial charge < -0.3 is 14.6 Å². The molecule has 3 aromatic heterocycles. The molecule has 3 aromatic rings. The second-order valence-electron chi connectivity index (χ2n) is 9.22. The van der Waals surface area contributed by atoms with Crippen LogP contribution < -0.4 is 0 Å². The molecule has 0 aromatic carbocycles. The molecule has 4 amide bonds. The second kappa shape index (κ2) is 11.2. The average Bonchev–Trinajstić information content (AvgIpc) is 3.59. The summed E-state index contributed by atoms with van der Waals surface area (Å²) in [6.07, 6.45) is 2.76. The largest absolute Gasteiger partial charge is 0.389 e. The van der Waals surface area contributed by atoms with Crippen LogP contribution in [-0.2, 0) is 11.4 Å². The molecule has 37 heavy (non-hydrogen) atoms. The zero-order valence-electron chi connectivity index (χ0n) is 21.4. The molecule has 4 rings (SSSR count). The van der Waals surface area contributed by atoms with E-state index in [2.05, 4.69) is 9.97 Å². The van der Waals surface area contributed by atoms with Crippen molar-refractivity contribution in [2.75, 3.05) is 40.0 Å². The Hall–Kier alpha value is -3.00. The molecule has 0 spiro atoms. The molecule has 13 heteroatoms. The lowest BCUT2D eigenvalue weighted by Gasteiger charge is -2.25. The first-order valence-electron chi connectivity index (χ1n) is 11.7. The summed E-state index contributed by atoms with van der Waals surface area (Å²) in [7, 11) is 3.04. The number of aliphatic hydroxyl groups excluding tert-OH is 1. The van der Waals surface area contributed by atoms with Crippen LogP contribution in [0.5, 0.6) is 0 Å². The fourth-order valence-corrected chi connectivity index (χ4v) is 5.74. The summed E-state index contributed by atoms with van der Waals surface area (Å²) in [5, 5.41) is 13.3. The Labute approximate surface area is 223 Å². The molecule has 1 saturated heterocycles. The molecular weight excluding hydrogens is 516 g/mol. The molecule has 0 unspecified atom stereocenters. The summed E-state index contributed by atoms with van der Waals surface area (Å²) < 4.78 is 1.94. The molecule has 11 nitrogen and oxygen atoms in total. The lowest BCUT2D eigenvalue weighted by Crippen LogP contribution is -2.44. The highest BCUT2D eigenvalue weighted by Gasteiger charge is 2.35. The van der Waals surface area contributed by atoms with E-state index in [1.54, 1.807) is 18.6 Å². The van der Waals surface area contributed by atoms with Crippen molar-refractivity contribution in [3.8, 4) is 0 Å². The lowest BCUT2D eigenvalue weighted by molar-refractivity contribution is -0.0780. The van der Waals surface area contributed by atoms with Crippen molar-refractivity contribution in [1.29, 1.82) is 0 Å². The number of hydroxylamine groups is 2. The van der Waals surface area contributed by atoms with Crippen LogP contribution in [0.3, 0.4) is 0 Å². The van der Waals surface area contributed by atoms with Crippen molar-refractivity contribution in [3.63, 3.8) is 0 Å². The van der Waals surface area contributed by atoms with E-state index in [1.165, 1.54) is 35.0 Å². The minimum atomic E-state index is -0.814. The number of rotatable bonds is 7. The van der Waals surface area contributed by atoms with Crippen molar-refractivity contribution in [2.24, 2.45) is 5.92 Å². The minimum absolute atomic E-state index is 0.0123. The molecule has 4 heterocycles. The number of imide groups is 1. The number of urea groups is 1. The smallest absolute Gasteiger partial charge is 0.326 e. The van der Waals surface area contributed by atoms with Crippen LogP contribution in [0.4, 0.5) is 4.79 Å². The molecule has 1 N–H and O–H groups in total. The van der Waals surface area contributed by atoms with Gasteiger partial charge in [-0.25, -0.2) is 19.8 Å². The maximum atomic E-state index is 13.6. The van der Waals surface area contributed by atoms with Gasteiger partial charge in [-0.2, -0.15) is 0 Å². The third-order valence-electron chi connectivity index (χ3n) is 5.87. The van der Waals surface area contributed by atoms with E-state index in [0.717, 1.165) is 15.5 Å². The lowest BCUT2D eigenvalue weighted by atomic mass is 10.1. The van der Waals surface area contributed by atoms with E-state index in [1.807, 2.05) is 36.8 Å². The number of nitrogens with zero attached hydrogens (tertiary/aromatic N) is 6. The number of thiophene rings is 1. The second-order valence-corrected chi connectivity index (χ2v) is 11.0. The SMILES string of the molecule is CSc1nc2ncccc2n1Cc1scc(C(=O)N(C)C(=O)N(C)CC(C)C)c1C(=O)N1C[C@H](O)CO1. The fourth-order valence-electron chi connectivity index (χ4n) is 4.19. The number of carbonyl (C=O) groups is 3. The topological polar surface area (TPSA) is 121 Å². The van der Waals surface area contributed by atoms with Crippen molar-refractivity contribution in [2.45, 2.75) is 31.7 Å². The number of imidazole rings is 1. The van der Waals surface area contributed by atoms with E-state index in [0.29, 0.717) is 22.2 Å². The van der Waals surface area contributed by atoms with Crippen molar-refractivity contribution < 1.29 is 24.3 Å². The quantitative estimate of drug-likeness (QED) is 0.449. The number of hydrogen-bond acceptors (Lipinski definition) is 9. The number of amides is 4. The molecule has 198 valence electrons. The number of fused-ring (bicyclic) bond motifs is 1. The highest BCUT2D eigenvalue weighted by Crippen LogP contribution is 2.31. The molecule has 0 bridgehead atoms. The van der Waals surface area contributed by atoms with Crippen LogP contribution in [-0.4, -0.2) is 98.5 Å². The summed E-state index contributed by atoms with van der Waals surface area (Å²) in [6, 6.07) is 3.25. The minimum Gasteiger partial charge on any atom is -0.389 e. The maximum Gasteiger partial charge on any atom is 0.326 e. The number of aliphatic hydroxyl groups is 1. The Kier molecular flexibility index (Phi) is 8.17. The Morgan fingerprint density at radius 1 is 1.32 bits per heavy atom. The van der Waals surface area contributed by atoms with Crippen LogP contribution in [0, 0.1) is 5.92 Å². The molecular formula is C24H30N6O5S2. The van der Waals surface area contributed by atoms with Crippen molar-refractivity contribution in [3.05, 3.63) is 39.7 Å². The van der Waals surface area contributed by atoms with E-state index in [-0.39, 0.29) is 36.7 Å². The predicted molar refractivity (Wildman–Crippen MR) is 141 cm³/mol. The standard InChI is InChI=1S/C24H30N6O5S2/c1-14(2)9-27(3)24(34)28(4)21(32)16-13-37-18(19(16)22(33)30-10-15(31)12-35-30)11-29-17-7-6-8-25-20(17)26-23(29)36-5/h6-8,13-15,31H,9-12H2,1-5H3/t15-/m0/s1. The normalized spacial score (nSPS) is 15.5. The fraction of sp³-hybridized carbons (Fsp3) is 0.458. The summed E-state index contributed by atoms with van der Waals surface area (Å²) in [5.74, 6) is -0.902. The number of hydrogen-bond donors (Lipinski definition) is 1. The molecule has 1 atom stereocenters. The number of aromatic nitrogens is 3. The molecule has 0 radical (unpaired) electrons. The van der Waals surface area contributed by atoms with Gasteiger partial charge >= 0.3 is 6.03 Å². The van der Waals surface area contributed by atoms with E-state index < -0.39 is 23.9 Å². The number of pyridine rings is 1. The number of β-amino-alcohol motifs (C(OH)–C–C–N with tert-alkyl or cyclic N) is 1. The van der Waals surface area contributed by atoms with Crippen molar-refractivity contribution in [1.82, 2.24) is 29.4 Å². The Morgan fingerprint density at radius 3 is 2.73 bits per heavy atom. The van der Waals surface area contributed by atoms with Crippen molar-refractivity contribution >= 4 is 52.1 Å². The predicted octanol–water partition coefficient (Wildman–Crippen LogP) is 2.79. The molecule has 0 saturated carbocycles. The van der Waals surface area contributed by atoms with Gasteiger partial charge in [0.25, 0.3) is 11.8 Å². The highest BCUT2D eigenvalue weighted by molar-refractivity contribution is 7.98. The third kappa shape index (κ3) is 5.49.